The first-order valence-corrected chi connectivity index (χ1v) is 4.40. The van der Waals surface area contributed by atoms with E-state index in [-0.39, 0.29) is 0 Å². The highest BCUT2D eigenvalue weighted by molar-refractivity contribution is 5.74. The van der Waals surface area contributed by atoms with Crippen LogP contribution in [0.25, 0.3) is 0 Å². The summed E-state index contributed by atoms with van der Waals surface area (Å²) >= 11 is 0. The van der Waals surface area contributed by atoms with Gasteiger partial charge in [-0.2, -0.15) is 0 Å². The van der Waals surface area contributed by atoms with Gasteiger partial charge in [0.05, 0.1) is 12.8 Å². The van der Waals surface area contributed by atoms with Crippen molar-refractivity contribution in [1.29, 1.82) is 0 Å². The Kier molecular flexibility index (Phi) is 3.85. The van der Waals surface area contributed by atoms with Gasteiger partial charge in [-0.3, -0.25) is 9.78 Å². The molecule has 1 aromatic heterocycles. The lowest BCUT2D eigenvalue weighted by Gasteiger charge is -2.05. The summed E-state index contributed by atoms with van der Waals surface area (Å²) < 4.78 is 5.38. The molecule has 1 rings (SSSR count). The van der Waals surface area contributed by atoms with Crippen LogP contribution in [-0.2, 0) is 0 Å². The smallest absolute Gasteiger partial charge is 0.151 e. The molecule has 3 heteroatoms. The molecule has 0 saturated heterocycles. The maximum absolute atomic E-state index is 10.4. The number of ether oxygens (including phenoxy) is 1. The fraction of sp³-hybridized carbons (Fsp3) is 0.273. The first-order valence-electron chi connectivity index (χ1n) is 4.40. The maximum Gasteiger partial charge on any atom is 0.151 e. The molecule has 0 amide bonds. The predicted octanol–water partition coefficient (Wildman–Crippen LogP) is 2.24. The van der Waals surface area contributed by atoms with Crippen molar-refractivity contribution in [3.05, 3.63) is 36.2 Å². The number of hydrogen-bond acceptors (Lipinski definition) is 3. The van der Waals surface area contributed by atoms with Crippen LogP contribution >= 0.6 is 0 Å². The molecule has 0 spiro atoms. The summed E-state index contributed by atoms with van der Waals surface area (Å²) in [6.07, 6.45) is 4.65. The summed E-state index contributed by atoms with van der Waals surface area (Å²) in [5.74, 6) is 0.621. The minimum atomic E-state index is 0.526. The van der Waals surface area contributed by atoms with Gasteiger partial charge in [0.2, 0.25) is 0 Å². The van der Waals surface area contributed by atoms with Crippen molar-refractivity contribution in [3.63, 3.8) is 0 Å². The molecule has 0 atom stereocenters. The quantitative estimate of drug-likeness (QED) is 0.529. The van der Waals surface area contributed by atoms with E-state index in [2.05, 4.69) is 11.6 Å². The monoisotopic (exact) mass is 191 g/mol. The molecule has 14 heavy (non-hydrogen) atoms. The second-order valence-electron chi connectivity index (χ2n) is 3.13. The average molecular weight is 191 g/mol. The molecule has 0 aromatic carbocycles. The highest BCUT2D eigenvalue weighted by atomic mass is 16.5. The van der Waals surface area contributed by atoms with Crippen LogP contribution in [0.2, 0.25) is 0 Å². The molecule has 0 bridgehead atoms. The number of aldehydes is 1. The Balaban J connectivity index is 2.50. The van der Waals surface area contributed by atoms with E-state index in [0.717, 1.165) is 18.3 Å². The zero-order valence-electron chi connectivity index (χ0n) is 8.19. The number of carbonyl (C=O) groups is 1. The lowest BCUT2D eigenvalue weighted by atomic mass is 10.2. The number of nitrogens with zero attached hydrogens (tertiary/aromatic N) is 1. The fourth-order valence-electron chi connectivity index (χ4n) is 0.922. The van der Waals surface area contributed by atoms with Gasteiger partial charge in [-0.15, -0.1) is 6.58 Å². The predicted molar refractivity (Wildman–Crippen MR) is 54.6 cm³/mol. The van der Waals surface area contributed by atoms with Crippen molar-refractivity contribution < 1.29 is 9.53 Å². The van der Waals surface area contributed by atoms with Gasteiger partial charge >= 0.3 is 0 Å². The average Bonchev–Trinajstić information content (AvgIpc) is 2.18. The summed E-state index contributed by atoms with van der Waals surface area (Å²) in [7, 11) is 0. The Hall–Kier alpha value is -1.64. The molecule has 74 valence electrons. The van der Waals surface area contributed by atoms with Gasteiger partial charge in [-0.05, 0) is 13.0 Å². The second kappa shape index (κ2) is 5.17. The molecule has 1 heterocycles. The van der Waals surface area contributed by atoms with Gasteiger partial charge in [0, 0.05) is 18.2 Å². The SMILES string of the molecule is C=C(C)CCOc1cncc(C=O)c1. The Labute approximate surface area is 83.4 Å². The molecule has 1 aromatic rings. The zero-order valence-corrected chi connectivity index (χ0v) is 8.19. The third kappa shape index (κ3) is 3.39. The standard InChI is InChI=1S/C11H13NO2/c1-9(2)3-4-14-11-5-10(8-13)6-12-7-11/h5-8H,1,3-4H2,2H3. The number of pyridine rings is 1. The van der Waals surface area contributed by atoms with Crippen molar-refractivity contribution in [3.8, 4) is 5.75 Å². The summed E-state index contributed by atoms with van der Waals surface area (Å²) in [4.78, 5) is 14.3. The zero-order chi connectivity index (χ0) is 10.4. The van der Waals surface area contributed by atoms with Crippen LogP contribution in [0, 0.1) is 0 Å². The number of carbonyl (C=O) groups excluding carboxylic acids is 1. The van der Waals surface area contributed by atoms with E-state index < -0.39 is 0 Å². The summed E-state index contributed by atoms with van der Waals surface area (Å²) in [6.45, 7) is 6.28. The van der Waals surface area contributed by atoms with Gasteiger partial charge in [0.1, 0.15) is 5.75 Å². The van der Waals surface area contributed by atoms with Crippen LogP contribution in [0.4, 0.5) is 0 Å². The van der Waals surface area contributed by atoms with E-state index in [1.165, 1.54) is 6.20 Å². The number of rotatable bonds is 5. The van der Waals surface area contributed by atoms with Crippen LogP contribution in [0.5, 0.6) is 5.75 Å². The topological polar surface area (TPSA) is 39.2 Å². The molecular formula is C11H13NO2. The molecule has 0 radical (unpaired) electrons. The lowest BCUT2D eigenvalue weighted by Crippen LogP contribution is -1.98. The van der Waals surface area contributed by atoms with Gasteiger partial charge in [0.15, 0.2) is 6.29 Å². The second-order valence-corrected chi connectivity index (χ2v) is 3.13. The van der Waals surface area contributed by atoms with Crippen LogP contribution in [0.1, 0.15) is 23.7 Å². The molecule has 0 saturated carbocycles. The van der Waals surface area contributed by atoms with Gasteiger partial charge in [0.25, 0.3) is 0 Å². The third-order valence-electron chi connectivity index (χ3n) is 1.67. The molecular weight excluding hydrogens is 178 g/mol. The molecule has 0 N–H and O–H groups in total. The summed E-state index contributed by atoms with van der Waals surface area (Å²) in [5, 5.41) is 0. The van der Waals surface area contributed by atoms with E-state index in [9.17, 15) is 4.79 Å². The van der Waals surface area contributed by atoms with E-state index in [1.54, 1.807) is 12.3 Å². The summed E-state index contributed by atoms with van der Waals surface area (Å²) in [5.41, 5.74) is 1.60. The van der Waals surface area contributed by atoms with Crippen LogP contribution in [0.15, 0.2) is 30.6 Å². The first kappa shape index (κ1) is 10.4. The van der Waals surface area contributed by atoms with Crippen LogP contribution < -0.4 is 4.74 Å². The van der Waals surface area contributed by atoms with Crippen molar-refractivity contribution in [2.45, 2.75) is 13.3 Å². The fourth-order valence-corrected chi connectivity index (χ4v) is 0.922. The lowest BCUT2D eigenvalue weighted by molar-refractivity contribution is 0.112. The van der Waals surface area contributed by atoms with Gasteiger partial charge in [-0.25, -0.2) is 0 Å². The Morgan fingerprint density at radius 1 is 1.64 bits per heavy atom. The Bertz CT molecular complexity index is 334. The van der Waals surface area contributed by atoms with E-state index in [4.69, 9.17) is 4.74 Å². The Morgan fingerprint density at radius 3 is 3.07 bits per heavy atom. The normalized spacial score (nSPS) is 9.50. The van der Waals surface area contributed by atoms with Crippen LogP contribution in [0.3, 0.4) is 0 Å². The van der Waals surface area contributed by atoms with E-state index >= 15 is 0 Å². The maximum atomic E-state index is 10.4. The van der Waals surface area contributed by atoms with Crippen molar-refractivity contribution in [2.24, 2.45) is 0 Å². The largest absolute Gasteiger partial charge is 0.492 e. The highest BCUT2D eigenvalue weighted by Crippen LogP contribution is 2.10. The number of aromatic nitrogens is 1. The van der Waals surface area contributed by atoms with E-state index in [0.29, 0.717) is 17.9 Å². The minimum Gasteiger partial charge on any atom is -0.492 e. The van der Waals surface area contributed by atoms with Crippen molar-refractivity contribution in [2.75, 3.05) is 6.61 Å². The van der Waals surface area contributed by atoms with Gasteiger partial charge in [-0.1, -0.05) is 5.57 Å². The van der Waals surface area contributed by atoms with E-state index in [1.807, 2.05) is 6.92 Å². The molecule has 0 aliphatic carbocycles. The first-order chi connectivity index (χ1) is 6.72. The molecule has 0 fully saturated rings. The van der Waals surface area contributed by atoms with Crippen LogP contribution in [-0.4, -0.2) is 17.9 Å². The van der Waals surface area contributed by atoms with Crippen molar-refractivity contribution in [1.82, 2.24) is 4.98 Å². The summed E-state index contributed by atoms with van der Waals surface area (Å²) in [6, 6.07) is 1.67. The molecule has 0 aliphatic rings. The Morgan fingerprint density at radius 2 is 2.43 bits per heavy atom. The molecule has 3 nitrogen and oxygen atoms in total. The molecule has 0 unspecified atom stereocenters. The number of hydrogen-bond donors (Lipinski definition) is 0. The third-order valence-corrected chi connectivity index (χ3v) is 1.67. The minimum absolute atomic E-state index is 0.526. The highest BCUT2D eigenvalue weighted by Gasteiger charge is 1.96. The van der Waals surface area contributed by atoms with Crippen molar-refractivity contribution >= 4 is 6.29 Å². The van der Waals surface area contributed by atoms with Gasteiger partial charge < -0.3 is 4.74 Å². The molecule has 0 aliphatic heterocycles.